The van der Waals surface area contributed by atoms with Crippen LogP contribution in [0.2, 0.25) is 0 Å². The molecule has 1 saturated heterocycles. The maximum Gasteiger partial charge on any atom is 0.249 e. The number of nitrogens with one attached hydrogen (secondary N) is 1. The van der Waals surface area contributed by atoms with Gasteiger partial charge in [-0.05, 0) is 77.0 Å². The van der Waals surface area contributed by atoms with Crippen LogP contribution in [0.5, 0.6) is 0 Å². The minimum atomic E-state index is -1.68. The van der Waals surface area contributed by atoms with Crippen molar-refractivity contribution in [3.63, 3.8) is 0 Å². The predicted octanol–water partition coefficient (Wildman–Crippen LogP) is 7.94. The molecule has 0 aromatic heterocycles. The normalized spacial score (nSPS) is 22.2. The average molecular weight is 850 g/mol. The van der Waals surface area contributed by atoms with E-state index in [1.807, 2.05) is 6.08 Å². The second-order valence-corrected chi connectivity index (χ2v) is 16.5. The molecule has 8 N–H and O–H groups in total. The summed E-state index contributed by atoms with van der Waals surface area (Å²) >= 11 is 0. The molecule has 60 heavy (non-hydrogen) atoms. The second kappa shape index (κ2) is 38.5. The number of hydrogen-bond donors (Lipinski definition) is 8. The Balaban J connectivity index is 2.51. The third-order valence-corrected chi connectivity index (χ3v) is 11.0. The smallest absolute Gasteiger partial charge is 0.249 e. The minimum absolute atomic E-state index is 0.0367. The second-order valence-electron chi connectivity index (χ2n) is 16.5. The first kappa shape index (κ1) is 55.8. The van der Waals surface area contributed by atoms with E-state index >= 15 is 0 Å². The molecule has 9 unspecified atom stereocenters. The zero-order valence-corrected chi connectivity index (χ0v) is 37.4. The highest BCUT2D eigenvalue weighted by Crippen LogP contribution is 2.23. The van der Waals surface area contributed by atoms with E-state index in [0.717, 1.165) is 38.5 Å². The van der Waals surface area contributed by atoms with Gasteiger partial charge in [-0.2, -0.15) is 0 Å². The van der Waals surface area contributed by atoms with Gasteiger partial charge in [0.05, 0.1) is 25.4 Å². The Hall–Kier alpha value is -2.19. The lowest BCUT2D eigenvalue weighted by Crippen LogP contribution is -2.60. The van der Waals surface area contributed by atoms with Crippen LogP contribution in [0.3, 0.4) is 0 Å². The van der Waals surface area contributed by atoms with Crippen LogP contribution in [0.15, 0.2) is 60.8 Å². The van der Waals surface area contributed by atoms with Gasteiger partial charge in [-0.1, -0.05) is 152 Å². The standard InChI is InChI=1S/C49H87NO10/c1-3-5-7-9-11-13-15-17-18-19-20-21-22-23-24-25-27-28-30-32-34-36-41(52)44(54)40(39-59-49-47(57)46(56)45(55)43(38-51)60-49)50-48(58)42(53)37-35-33-31-29-26-16-14-12-10-8-6-4-2/h19-20,23-24,26,28-30,33,35,40-47,49,51-57H,3-18,21-22,25,27,31-32,34,36-39H2,1-2H3,(H,50,58)/b20-19+,24-23+,29-26-,30-28+,35-33-. The summed E-state index contributed by atoms with van der Waals surface area (Å²) in [5.74, 6) is -0.783. The Bertz CT molecular complexity index is 1160. The fourth-order valence-electron chi connectivity index (χ4n) is 7.04. The molecule has 0 aromatic carbocycles. The first-order valence-corrected chi connectivity index (χ1v) is 23.7. The average Bonchev–Trinajstić information content (AvgIpc) is 3.25. The number of ether oxygens (including phenoxy) is 2. The molecular formula is C49H87NO10. The lowest BCUT2D eigenvalue weighted by molar-refractivity contribution is -0.303. The number of rotatable bonds is 38. The first-order valence-electron chi connectivity index (χ1n) is 23.7. The minimum Gasteiger partial charge on any atom is -0.394 e. The maximum absolute atomic E-state index is 13.0. The van der Waals surface area contributed by atoms with Crippen molar-refractivity contribution in [2.45, 2.75) is 229 Å². The topological polar surface area (TPSA) is 189 Å². The van der Waals surface area contributed by atoms with Crippen molar-refractivity contribution in [2.24, 2.45) is 0 Å². The number of allylic oxidation sites excluding steroid dienone is 9. The molecule has 0 aliphatic carbocycles. The molecule has 1 aliphatic rings. The monoisotopic (exact) mass is 850 g/mol. The lowest BCUT2D eigenvalue weighted by atomic mass is 9.99. The molecule has 0 radical (unpaired) electrons. The number of aliphatic hydroxyl groups excluding tert-OH is 7. The number of carbonyl (C=O) groups excluding carboxylic acids is 1. The summed E-state index contributed by atoms with van der Waals surface area (Å²) in [6.07, 6.45) is 35.8. The van der Waals surface area contributed by atoms with Crippen molar-refractivity contribution in [3.8, 4) is 0 Å². The molecule has 11 heteroatoms. The van der Waals surface area contributed by atoms with E-state index in [4.69, 9.17) is 9.47 Å². The van der Waals surface area contributed by atoms with Crippen molar-refractivity contribution in [2.75, 3.05) is 13.2 Å². The SMILES string of the molecule is CCCCCCCC/C=C\C/C=C\CC(O)C(=O)NC(COC1OC(CO)C(O)C(O)C1O)C(O)C(O)CCC/C=C/CC/C=C/CC/C=C/CCCCCCCCCC. The number of carbonyl (C=O) groups is 1. The van der Waals surface area contributed by atoms with Crippen LogP contribution < -0.4 is 5.32 Å². The molecule has 1 aliphatic heterocycles. The number of unbranched alkanes of at least 4 members (excludes halogenated alkanes) is 17. The molecule has 0 aromatic rings. The van der Waals surface area contributed by atoms with E-state index in [0.29, 0.717) is 19.3 Å². The molecule has 1 heterocycles. The van der Waals surface area contributed by atoms with E-state index < -0.39 is 74.2 Å². The van der Waals surface area contributed by atoms with Gasteiger partial charge in [-0.3, -0.25) is 4.79 Å². The van der Waals surface area contributed by atoms with Crippen LogP contribution in [0.25, 0.3) is 0 Å². The summed E-state index contributed by atoms with van der Waals surface area (Å²) in [5, 5.41) is 75.4. The van der Waals surface area contributed by atoms with Gasteiger partial charge in [0, 0.05) is 6.42 Å². The quantitative estimate of drug-likeness (QED) is 0.0224. The Labute approximate surface area is 363 Å². The number of aliphatic hydroxyl groups is 7. The number of hydrogen-bond acceptors (Lipinski definition) is 10. The summed E-state index contributed by atoms with van der Waals surface area (Å²) in [5.41, 5.74) is 0. The van der Waals surface area contributed by atoms with Gasteiger partial charge in [0.2, 0.25) is 5.91 Å². The van der Waals surface area contributed by atoms with Gasteiger partial charge in [-0.15, -0.1) is 0 Å². The van der Waals surface area contributed by atoms with Crippen LogP contribution >= 0.6 is 0 Å². The summed E-state index contributed by atoms with van der Waals surface area (Å²) < 4.78 is 11.0. The summed E-state index contributed by atoms with van der Waals surface area (Å²) in [4.78, 5) is 13.0. The fraction of sp³-hybridized carbons (Fsp3) is 0.776. The highest BCUT2D eigenvalue weighted by molar-refractivity contribution is 5.81. The highest BCUT2D eigenvalue weighted by atomic mass is 16.7. The third kappa shape index (κ3) is 27.7. The van der Waals surface area contributed by atoms with E-state index in [1.165, 1.54) is 89.9 Å². The largest absolute Gasteiger partial charge is 0.394 e. The fourth-order valence-corrected chi connectivity index (χ4v) is 7.04. The molecule has 9 atom stereocenters. The van der Waals surface area contributed by atoms with Gasteiger partial charge in [0.1, 0.15) is 36.6 Å². The van der Waals surface area contributed by atoms with Crippen LogP contribution in [0, 0.1) is 0 Å². The molecule has 0 spiro atoms. The van der Waals surface area contributed by atoms with Crippen LogP contribution in [0.1, 0.15) is 174 Å². The zero-order chi connectivity index (χ0) is 44.1. The zero-order valence-electron chi connectivity index (χ0n) is 37.4. The van der Waals surface area contributed by atoms with Crippen LogP contribution in [-0.2, 0) is 14.3 Å². The summed E-state index contributed by atoms with van der Waals surface area (Å²) in [7, 11) is 0. The summed E-state index contributed by atoms with van der Waals surface area (Å²) in [6, 6.07) is -1.23. The van der Waals surface area contributed by atoms with Crippen molar-refractivity contribution in [1.29, 1.82) is 0 Å². The predicted molar refractivity (Wildman–Crippen MR) is 242 cm³/mol. The van der Waals surface area contributed by atoms with E-state index in [9.17, 15) is 40.5 Å². The molecule has 348 valence electrons. The highest BCUT2D eigenvalue weighted by Gasteiger charge is 2.44. The van der Waals surface area contributed by atoms with Crippen molar-refractivity contribution >= 4 is 5.91 Å². The van der Waals surface area contributed by atoms with Crippen molar-refractivity contribution in [1.82, 2.24) is 5.32 Å². The van der Waals surface area contributed by atoms with Gasteiger partial charge in [0.25, 0.3) is 0 Å². The Kier molecular flexibility index (Phi) is 35.8. The molecule has 0 saturated carbocycles. The van der Waals surface area contributed by atoms with Gasteiger partial charge >= 0.3 is 0 Å². The van der Waals surface area contributed by atoms with Gasteiger partial charge in [-0.25, -0.2) is 0 Å². The summed E-state index contributed by atoms with van der Waals surface area (Å²) in [6.45, 7) is 3.35. The molecule has 0 bridgehead atoms. The maximum atomic E-state index is 13.0. The van der Waals surface area contributed by atoms with Gasteiger partial charge in [0.15, 0.2) is 6.29 Å². The molecule has 1 fully saturated rings. The van der Waals surface area contributed by atoms with Crippen molar-refractivity contribution in [3.05, 3.63) is 60.8 Å². The molecular weight excluding hydrogens is 763 g/mol. The van der Waals surface area contributed by atoms with E-state index in [1.54, 1.807) is 6.08 Å². The van der Waals surface area contributed by atoms with Crippen molar-refractivity contribution < 1.29 is 50.0 Å². The Morgan fingerprint density at radius 1 is 0.600 bits per heavy atom. The third-order valence-electron chi connectivity index (χ3n) is 11.0. The van der Waals surface area contributed by atoms with Crippen LogP contribution in [0.4, 0.5) is 0 Å². The first-order chi connectivity index (χ1) is 29.2. The number of amides is 1. The molecule has 11 nitrogen and oxygen atoms in total. The van der Waals surface area contributed by atoms with Gasteiger partial charge < -0.3 is 50.5 Å². The Morgan fingerprint density at radius 3 is 1.60 bits per heavy atom. The molecule has 1 rings (SSSR count). The van der Waals surface area contributed by atoms with E-state index in [2.05, 4.69) is 67.8 Å². The van der Waals surface area contributed by atoms with Crippen LogP contribution in [-0.4, -0.2) is 110 Å². The lowest BCUT2D eigenvalue weighted by Gasteiger charge is -2.40. The molecule has 1 amide bonds. The van der Waals surface area contributed by atoms with E-state index in [-0.39, 0.29) is 12.8 Å². The Morgan fingerprint density at radius 2 is 1.07 bits per heavy atom.